The van der Waals surface area contributed by atoms with Crippen molar-refractivity contribution in [2.24, 2.45) is 0 Å². The zero-order chi connectivity index (χ0) is 14.1. The molecule has 0 aromatic carbocycles. The van der Waals surface area contributed by atoms with Gasteiger partial charge in [0.2, 0.25) is 0 Å². The standard InChI is InChI=1S/C14H28N2O3/c1-4-7-15-13(14(17)18-5-2)6-8-16-9-10-19-12(3)11-16/h12-13,15H,4-11H2,1-3H3. The van der Waals surface area contributed by atoms with E-state index in [4.69, 9.17) is 9.47 Å². The molecule has 0 radical (unpaired) electrons. The molecule has 1 N–H and O–H groups in total. The largest absolute Gasteiger partial charge is 0.465 e. The molecule has 0 aromatic heterocycles. The summed E-state index contributed by atoms with van der Waals surface area (Å²) in [4.78, 5) is 14.2. The average Bonchev–Trinajstić information content (AvgIpc) is 2.39. The second kappa shape index (κ2) is 9.28. The molecule has 5 heteroatoms. The molecule has 1 fully saturated rings. The van der Waals surface area contributed by atoms with Gasteiger partial charge in [-0.15, -0.1) is 0 Å². The van der Waals surface area contributed by atoms with Crippen molar-refractivity contribution in [3.05, 3.63) is 0 Å². The van der Waals surface area contributed by atoms with Gasteiger partial charge in [0.15, 0.2) is 0 Å². The van der Waals surface area contributed by atoms with Crippen molar-refractivity contribution >= 4 is 5.97 Å². The fraction of sp³-hybridized carbons (Fsp3) is 0.929. The maximum Gasteiger partial charge on any atom is 0.323 e. The first-order valence-electron chi connectivity index (χ1n) is 7.41. The molecule has 0 bridgehead atoms. The molecule has 2 atom stereocenters. The number of nitrogens with zero attached hydrogens (tertiary/aromatic N) is 1. The van der Waals surface area contributed by atoms with Gasteiger partial charge in [0.1, 0.15) is 6.04 Å². The van der Waals surface area contributed by atoms with Gasteiger partial charge in [0, 0.05) is 19.6 Å². The van der Waals surface area contributed by atoms with Crippen molar-refractivity contribution in [1.29, 1.82) is 0 Å². The predicted molar refractivity (Wildman–Crippen MR) is 75.2 cm³/mol. The minimum Gasteiger partial charge on any atom is -0.465 e. The van der Waals surface area contributed by atoms with Crippen LogP contribution in [0.15, 0.2) is 0 Å². The number of ether oxygens (including phenoxy) is 2. The SMILES string of the molecule is CCCNC(CCN1CCOC(C)C1)C(=O)OCC. The van der Waals surface area contributed by atoms with E-state index in [0.29, 0.717) is 12.7 Å². The Morgan fingerprint density at radius 3 is 2.95 bits per heavy atom. The lowest BCUT2D eigenvalue weighted by Crippen LogP contribution is -2.45. The van der Waals surface area contributed by atoms with Crippen molar-refractivity contribution in [2.75, 3.05) is 39.4 Å². The number of hydrogen-bond donors (Lipinski definition) is 1. The average molecular weight is 272 g/mol. The van der Waals surface area contributed by atoms with E-state index < -0.39 is 0 Å². The third-order valence-electron chi connectivity index (χ3n) is 3.27. The van der Waals surface area contributed by atoms with Crippen LogP contribution >= 0.6 is 0 Å². The highest BCUT2D eigenvalue weighted by Crippen LogP contribution is 2.07. The van der Waals surface area contributed by atoms with Gasteiger partial charge in [-0.05, 0) is 33.2 Å². The smallest absolute Gasteiger partial charge is 0.323 e. The Hall–Kier alpha value is -0.650. The monoisotopic (exact) mass is 272 g/mol. The normalized spacial score (nSPS) is 22.2. The Morgan fingerprint density at radius 1 is 1.53 bits per heavy atom. The zero-order valence-electron chi connectivity index (χ0n) is 12.5. The number of carbonyl (C=O) groups excluding carboxylic acids is 1. The summed E-state index contributed by atoms with van der Waals surface area (Å²) in [6.45, 7) is 10.9. The summed E-state index contributed by atoms with van der Waals surface area (Å²) < 4.78 is 10.6. The molecule has 1 aliphatic rings. The van der Waals surface area contributed by atoms with Crippen molar-refractivity contribution in [1.82, 2.24) is 10.2 Å². The topological polar surface area (TPSA) is 50.8 Å². The Morgan fingerprint density at radius 2 is 2.32 bits per heavy atom. The van der Waals surface area contributed by atoms with Gasteiger partial charge in [-0.25, -0.2) is 0 Å². The summed E-state index contributed by atoms with van der Waals surface area (Å²) in [5.41, 5.74) is 0. The van der Waals surface area contributed by atoms with Crippen LogP contribution in [0.1, 0.15) is 33.6 Å². The van der Waals surface area contributed by atoms with Crippen LogP contribution in [0.4, 0.5) is 0 Å². The lowest BCUT2D eigenvalue weighted by Gasteiger charge is -2.31. The van der Waals surface area contributed by atoms with Crippen molar-refractivity contribution in [3.8, 4) is 0 Å². The highest BCUT2D eigenvalue weighted by Gasteiger charge is 2.22. The molecule has 0 amide bonds. The molecule has 0 aliphatic carbocycles. The highest BCUT2D eigenvalue weighted by atomic mass is 16.5. The van der Waals surface area contributed by atoms with Gasteiger partial charge in [0.05, 0.1) is 19.3 Å². The third-order valence-corrected chi connectivity index (χ3v) is 3.27. The quantitative estimate of drug-likeness (QED) is 0.669. The summed E-state index contributed by atoms with van der Waals surface area (Å²) in [6.07, 6.45) is 2.11. The van der Waals surface area contributed by atoms with E-state index in [1.54, 1.807) is 0 Å². The maximum absolute atomic E-state index is 11.9. The highest BCUT2D eigenvalue weighted by molar-refractivity contribution is 5.75. The van der Waals surface area contributed by atoms with Crippen LogP contribution in [0.2, 0.25) is 0 Å². The van der Waals surface area contributed by atoms with Crippen molar-refractivity contribution in [2.45, 2.75) is 45.8 Å². The van der Waals surface area contributed by atoms with E-state index in [2.05, 4.69) is 24.1 Å². The van der Waals surface area contributed by atoms with E-state index in [1.807, 2.05) is 6.92 Å². The first kappa shape index (κ1) is 16.4. The minimum atomic E-state index is -0.182. The summed E-state index contributed by atoms with van der Waals surface area (Å²) in [7, 11) is 0. The molecule has 1 rings (SSSR count). The van der Waals surface area contributed by atoms with Crippen LogP contribution in [0.5, 0.6) is 0 Å². The molecule has 0 aromatic rings. The zero-order valence-corrected chi connectivity index (χ0v) is 12.5. The molecule has 1 saturated heterocycles. The van der Waals surface area contributed by atoms with Crippen LogP contribution in [-0.4, -0.2) is 62.4 Å². The molecule has 0 spiro atoms. The second-order valence-electron chi connectivity index (χ2n) is 5.03. The van der Waals surface area contributed by atoms with Gasteiger partial charge in [-0.2, -0.15) is 0 Å². The number of esters is 1. The Labute approximate surface area is 116 Å². The fourth-order valence-corrected chi connectivity index (χ4v) is 2.27. The number of nitrogens with one attached hydrogen (secondary N) is 1. The van der Waals surface area contributed by atoms with Gasteiger partial charge >= 0.3 is 5.97 Å². The number of carbonyl (C=O) groups is 1. The number of hydrogen-bond acceptors (Lipinski definition) is 5. The van der Waals surface area contributed by atoms with Crippen molar-refractivity contribution < 1.29 is 14.3 Å². The molecule has 5 nitrogen and oxygen atoms in total. The van der Waals surface area contributed by atoms with Crippen LogP contribution < -0.4 is 5.32 Å². The molecule has 1 heterocycles. The van der Waals surface area contributed by atoms with E-state index in [9.17, 15) is 4.79 Å². The fourth-order valence-electron chi connectivity index (χ4n) is 2.27. The van der Waals surface area contributed by atoms with Crippen LogP contribution in [0.3, 0.4) is 0 Å². The van der Waals surface area contributed by atoms with Crippen LogP contribution in [0, 0.1) is 0 Å². The molecule has 1 aliphatic heterocycles. The molecule has 0 saturated carbocycles. The number of morpholine rings is 1. The van der Waals surface area contributed by atoms with Gasteiger partial charge in [-0.1, -0.05) is 6.92 Å². The summed E-state index contributed by atoms with van der Waals surface area (Å²) in [5, 5.41) is 3.27. The summed E-state index contributed by atoms with van der Waals surface area (Å²) in [6, 6.07) is -0.182. The first-order valence-corrected chi connectivity index (χ1v) is 7.41. The summed E-state index contributed by atoms with van der Waals surface area (Å²) in [5.74, 6) is -0.128. The second-order valence-corrected chi connectivity index (χ2v) is 5.03. The van der Waals surface area contributed by atoms with Crippen LogP contribution in [-0.2, 0) is 14.3 Å². The Bertz CT molecular complexity index is 261. The van der Waals surface area contributed by atoms with Crippen molar-refractivity contribution in [3.63, 3.8) is 0 Å². The van der Waals surface area contributed by atoms with Gasteiger partial charge in [-0.3, -0.25) is 9.69 Å². The molecular weight excluding hydrogens is 244 g/mol. The van der Waals surface area contributed by atoms with Crippen LogP contribution in [0.25, 0.3) is 0 Å². The van der Waals surface area contributed by atoms with Gasteiger partial charge < -0.3 is 14.8 Å². The summed E-state index contributed by atoms with van der Waals surface area (Å²) >= 11 is 0. The maximum atomic E-state index is 11.9. The predicted octanol–water partition coefficient (Wildman–Crippen LogP) is 1.03. The lowest BCUT2D eigenvalue weighted by molar-refractivity contribution is -0.146. The Kier molecular flexibility index (Phi) is 8.02. The van der Waals surface area contributed by atoms with E-state index >= 15 is 0 Å². The third kappa shape index (κ3) is 6.36. The van der Waals surface area contributed by atoms with E-state index in [1.165, 1.54) is 0 Å². The minimum absolute atomic E-state index is 0.128. The molecule has 19 heavy (non-hydrogen) atoms. The molecular formula is C14H28N2O3. The lowest BCUT2D eigenvalue weighted by atomic mass is 10.1. The first-order chi connectivity index (χ1) is 9.17. The molecule has 112 valence electrons. The van der Waals surface area contributed by atoms with E-state index in [-0.39, 0.29) is 12.0 Å². The van der Waals surface area contributed by atoms with Gasteiger partial charge in [0.25, 0.3) is 0 Å². The Balaban J connectivity index is 2.36. The molecule has 2 unspecified atom stereocenters. The number of rotatable bonds is 8. The van der Waals surface area contributed by atoms with E-state index in [0.717, 1.165) is 45.6 Å².